The summed E-state index contributed by atoms with van der Waals surface area (Å²) in [7, 11) is 0. The lowest BCUT2D eigenvalue weighted by Crippen LogP contribution is -2.41. The first-order valence-electron chi connectivity index (χ1n) is 4.56. The minimum absolute atomic E-state index is 0.444. The van der Waals surface area contributed by atoms with Gasteiger partial charge in [0.1, 0.15) is 0 Å². The smallest absolute Gasteiger partial charge is 0.0561 e. The minimum Gasteiger partial charge on any atom is -0.378 e. The van der Waals surface area contributed by atoms with Crippen LogP contribution in [0.2, 0.25) is 0 Å². The molecule has 1 rings (SSSR count). The van der Waals surface area contributed by atoms with Gasteiger partial charge in [0, 0.05) is 18.7 Å². The summed E-state index contributed by atoms with van der Waals surface area (Å²) in [6, 6.07) is 1.28. The van der Waals surface area contributed by atoms with Crippen LogP contribution in [-0.2, 0) is 4.74 Å². The van der Waals surface area contributed by atoms with Crippen LogP contribution in [0.15, 0.2) is 0 Å². The molecule has 1 fully saturated rings. The molecule has 0 amide bonds. The molecule has 2 nitrogen and oxygen atoms in total. The van der Waals surface area contributed by atoms with E-state index in [4.69, 9.17) is 4.74 Å². The Balaban J connectivity index is 2.23. The molecule has 1 N–H and O–H groups in total. The molecule has 1 aliphatic heterocycles. The molecule has 2 unspecified atom stereocenters. The lowest BCUT2D eigenvalue weighted by Gasteiger charge is -2.29. The third kappa shape index (κ3) is 3.21. The molecule has 0 aromatic carbocycles. The highest BCUT2D eigenvalue weighted by molar-refractivity contribution is 4.75. The first-order valence-corrected chi connectivity index (χ1v) is 4.56. The molecular formula is C9H19NO. The van der Waals surface area contributed by atoms with Crippen molar-refractivity contribution in [3.63, 3.8) is 0 Å². The fourth-order valence-corrected chi connectivity index (χ4v) is 1.62. The molecule has 1 aliphatic rings. The summed E-state index contributed by atoms with van der Waals surface area (Å²) < 4.78 is 5.45. The summed E-state index contributed by atoms with van der Waals surface area (Å²) in [5.41, 5.74) is 0. The summed E-state index contributed by atoms with van der Waals surface area (Å²) in [6.07, 6.45) is 2.78. The molecular weight excluding hydrogens is 138 g/mol. The second kappa shape index (κ2) is 4.07. The van der Waals surface area contributed by atoms with E-state index in [0.29, 0.717) is 18.2 Å². The van der Waals surface area contributed by atoms with Gasteiger partial charge in [-0.25, -0.2) is 0 Å². The van der Waals surface area contributed by atoms with Crippen LogP contribution in [0.5, 0.6) is 0 Å². The van der Waals surface area contributed by atoms with Crippen molar-refractivity contribution in [2.75, 3.05) is 6.61 Å². The minimum atomic E-state index is 0.444. The molecule has 0 aromatic heterocycles. The predicted molar refractivity (Wildman–Crippen MR) is 46.7 cm³/mol. The fourth-order valence-electron chi connectivity index (χ4n) is 1.62. The fraction of sp³-hybridized carbons (Fsp3) is 1.00. The normalized spacial score (nSPS) is 32.7. The van der Waals surface area contributed by atoms with Crippen molar-refractivity contribution in [2.24, 2.45) is 0 Å². The molecule has 0 aliphatic carbocycles. The summed E-state index contributed by atoms with van der Waals surface area (Å²) in [4.78, 5) is 0. The average Bonchev–Trinajstić information content (AvgIpc) is 1.85. The van der Waals surface area contributed by atoms with Crippen molar-refractivity contribution in [2.45, 2.75) is 51.8 Å². The van der Waals surface area contributed by atoms with Gasteiger partial charge in [0.25, 0.3) is 0 Å². The summed E-state index contributed by atoms with van der Waals surface area (Å²) in [5, 5.41) is 3.53. The van der Waals surface area contributed by atoms with Gasteiger partial charge in [0.05, 0.1) is 6.10 Å². The van der Waals surface area contributed by atoms with Crippen LogP contribution in [-0.4, -0.2) is 24.8 Å². The number of rotatable bonds is 2. The van der Waals surface area contributed by atoms with E-state index in [0.717, 1.165) is 13.0 Å². The zero-order valence-corrected chi connectivity index (χ0v) is 7.76. The number of hydrogen-bond acceptors (Lipinski definition) is 2. The predicted octanol–water partition coefficient (Wildman–Crippen LogP) is 1.55. The quantitative estimate of drug-likeness (QED) is 0.656. The maximum Gasteiger partial charge on any atom is 0.0561 e. The molecule has 11 heavy (non-hydrogen) atoms. The third-order valence-electron chi connectivity index (χ3n) is 2.05. The van der Waals surface area contributed by atoms with Gasteiger partial charge in [0.2, 0.25) is 0 Å². The number of nitrogens with one attached hydrogen (secondary N) is 1. The first-order chi connectivity index (χ1) is 5.18. The van der Waals surface area contributed by atoms with Crippen molar-refractivity contribution in [3.8, 4) is 0 Å². The van der Waals surface area contributed by atoms with E-state index in [9.17, 15) is 0 Å². The molecule has 0 aromatic rings. The van der Waals surface area contributed by atoms with Crippen molar-refractivity contribution in [3.05, 3.63) is 0 Å². The second-order valence-corrected chi connectivity index (χ2v) is 3.72. The van der Waals surface area contributed by atoms with Crippen LogP contribution in [0, 0.1) is 0 Å². The third-order valence-corrected chi connectivity index (χ3v) is 2.05. The van der Waals surface area contributed by atoms with Gasteiger partial charge in [-0.05, 0) is 19.8 Å². The highest BCUT2D eigenvalue weighted by Gasteiger charge is 2.18. The Bertz CT molecular complexity index is 112. The van der Waals surface area contributed by atoms with Gasteiger partial charge in [-0.15, -0.1) is 0 Å². The van der Waals surface area contributed by atoms with Crippen LogP contribution >= 0.6 is 0 Å². The zero-order valence-electron chi connectivity index (χ0n) is 7.76. The van der Waals surface area contributed by atoms with Gasteiger partial charge in [0.15, 0.2) is 0 Å². The topological polar surface area (TPSA) is 21.3 Å². The molecule has 2 atom stereocenters. The molecule has 1 saturated heterocycles. The molecule has 0 saturated carbocycles. The molecule has 1 heterocycles. The van der Waals surface area contributed by atoms with Gasteiger partial charge in [-0.3, -0.25) is 0 Å². The summed E-state index contributed by atoms with van der Waals surface area (Å²) >= 11 is 0. The van der Waals surface area contributed by atoms with Crippen molar-refractivity contribution < 1.29 is 4.74 Å². The lowest BCUT2D eigenvalue weighted by molar-refractivity contribution is 0.0120. The molecule has 2 heteroatoms. The van der Waals surface area contributed by atoms with E-state index in [-0.39, 0.29) is 0 Å². The highest BCUT2D eigenvalue weighted by Crippen LogP contribution is 2.13. The van der Waals surface area contributed by atoms with Crippen molar-refractivity contribution >= 4 is 0 Å². The van der Waals surface area contributed by atoms with Gasteiger partial charge in [-0.2, -0.15) is 0 Å². The van der Waals surface area contributed by atoms with E-state index in [1.165, 1.54) is 6.42 Å². The average molecular weight is 157 g/mol. The van der Waals surface area contributed by atoms with Crippen molar-refractivity contribution in [1.82, 2.24) is 5.32 Å². The van der Waals surface area contributed by atoms with Gasteiger partial charge in [-0.1, -0.05) is 13.8 Å². The van der Waals surface area contributed by atoms with Crippen LogP contribution in [0.25, 0.3) is 0 Å². The van der Waals surface area contributed by atoms with Crippen LogP contribution in [0.1, 0.15) is 33.6 Å². The lowest BCUT2D eigenvalue weighted by atomic mass is 10.0. The molecule has 0 spiro atoms. The van der Waals surface area contributed by atoms with Gasteiger partial charge < -0.3 is 10.1 Å². The Hall–Kier alpha value is -0.0800. The standard InChI is InChI=1S/C9H19NO/c1-7(2)10-9-4-5-11-8(3)6-9/h7-10H,4-6H2,1-3H3. The number of ether oxygens (including phenoxy) is 1. The summed E-state index contributed by atoms with van der Waals surface area (Å²) in [5.74, 6) is 0. The van der Waals surface area contributed by atoms with E-state index in [2.05, 4.69) is 26.1 Å². The van der Waals surface area contributed by atoms with E-state index in [1.54, 1.807) is 0 Å². The SMILES string of the molecule is CC(C)NC1CCOC(C)C1. The molecule has 66 valence electrons. The Morgan fingerprint density at radius 2 is 2.18 bits per heavy atom. The maximum absolute atomic E-state index is 5.45. The van der Waals surface area contributed by atoms with E-state index < -0.39 is 0 Å². The highest BCUT2D eigenvalue weighted by atomic mass is 16.5. The van der Waals surface area contributed by atoms with E-state index >= 15 is 0 Å². The van der Waals surface area contributed by atoms with Crippen LogP contribution in [0.3, 0.4) is 0 Å². The van der Waals surface area contributed by atoms with Crippen LogP contribution in [0.4, 0.5) is 0 Å². The zero-order chi connectivity index (χ0) is 8.27. The van der Waals surface area contributed by atoms with Crippen LogP contribution < -0.4 is 5.32 Å². The Kier molecular flexibility index (Phi) is 3.34. The maximum atomic E-state index is 5.45. The first kappa shape index (κ1) is 9.01. The Morgan fingerprint density at radius 3 is 2.73 bits per heavy atom. The largest absolute Gasteiger partial charge is 0.378 e. The second-order valence-electron chi connectivity index (χ2n) is 3.72. The summed E-state index contributed by atoms with van der Waals surface area (Å²) in [6.45, 7) is 7.46. The molecule has 0 bridgehead atoms. The van der Waals surface area contributed by atoms with Crippen molar-refractivity contribution in [1.29, 1.82) is 0 Å². The molecule has 0 radical (unpaired) electrons. The monoisotopic (exact) mass is 157 g/mol. The van der Waals surface area contributed by atoms with E-state index in [1.807, 2.05) is 0 Å². The van der Waals surface area contributed by atoms with Gasteiger partial charge >= 0.3 is 0 Å². The Morgan fingerprint density at radius 1 is 1.45 bits per heavy atom. The Labute approximate surface area is 69.3 Å². The number of hydrogen-bond donors (Lipinski definition) is 1.